The number of sulfonamides is 1. The number of nitrogens with one attached hydrogen (secondary N) is 2. The van der Waals surface area contributed by atoms with E-state index < -0.39 is 16.1 Å². The second-order valence-electron chi connectivity index (χ2n) is 7.06. The average Bonchev–Trinajstić information content (AvgIpc) is 3.45. The molecule has 2 aliphatic rings. The summed E-state index contributed by atoms with van der Waals surface area (Å²) < 4.78 is 25.0. The van der Waals surface area contributed by atoms with Crippen LogP contribution in [0.4, 0.5) is 5.69 Å². The van der Waals surface area contributed by atoms with Crippen LogP contribution in [0.1, 0.15) is 37.7 Å². The number of carbonyl (C=O) groups excluding carboxylic acids is 2. The second-order valence-corrected chi connectivity index (χ2v) is 9.00. The van der Waals surface area contributed by atoms with Gasteiger partial charge in [0, 0.05) is 24.7 Å². The third-order valence-electron chi connectivity index (χ3n) is 4.82. The van der Waals surface area contributed by atoms with E-state index >= 15 is 0 Å². The van der Waals surface area contributed by atoms with E-state index in [2.05, 4.69) is 10.6 Å². The molecule has 26 heavy (non-hydrogen) atoms. The van der Waals surface area contributed by atoms with E-state index in [4.69, 9.17) is 0 Å². The number of hydrogen-bond donors (Lipinski definition) is 2. The van der Waals surface area contributed by atoms with Gasteiger partial charge in [-0.1, -0.05) is 18.6 Å². The molecule has 3 rings (SSSR count). The number of piperidine rings is 1. The van der Waals surface area contributed by atoms with Crippen molar-refractivity contribution in [3.63, 3.8) is 0 Å². The quantitative estimate of drug-likeness (QED) is 0.782. The predicted octanol–water partition coefficient (Wildman–Crippen LogP) is 1.47. The van der Waals surface area contributed by atoms with Gasteiger partial charge in [0.25, 0.3) is 0 Å². The van der Waals surface area contributed by atoms with E-state index in [0.717, 1.165) is 43.2 Å². The zero-order valence-electron chi connectivity index (χ0n) is 14.9. The molecule has 8 heteroatoms. The summed E-state index contributed by atoms with van der Waals surface area (Å²) in [6, 6.07) is 6.68. The minimum absolute atomic E-state index is 0.0595. The van der Waals surface area contributed by atoms with Crippen molar-refractivity contribution in [2.24, 2.45) is 5.92 Å². The first-order valence-electron chi connectivity index (χ1n) is 8.99. The Balaban J connectivity index is 1.54. The van der Waals surface area contributed by atoms with Gasteiger partial charge < -0.3 is 10.6 Å². The molecule has 1 aliphatic heterocycles. The van der Waals surface area contributed by atoms with Crippen LogP contribution >= 0.6 is 0 Å². The highest BCUT2D eigenvalue weighted by molar-refractivity contribution is 7.88. The molecule has 0 radical (unpaired) electrons. The Labute approximate surface area is 154 Å². The summed E-state index contributed by atoms with van der Waals surface area (Å²) in [7, 11) is -3.39. The Kier molecular flexibility index (Phi) is 5.62. The van der Waals surface area contributed by atoms with Gasteiger partial charge in [-0.25, -0.2) is 8.42 Å². The lowest BCUT2D eigenvalue weighted by molar-refractivity contribution is -0.125. The van der Waals surface area contributed by atoms with E-state index in [-0.39, 0.29) is 17.7 Å². The molecule has 142 valence electrons. The fourth-order valence-corrected chi connectivity index (χ4v) is 4.29. The number of benzene rings is 1. The number of rotatable bonds is 6. The summed E-state index contributed by atoms with van der Waals surface area (Å²) in [5, 5.41) is 5.70. The van der Waals surface area contributed by atoms with Crippen molar-refractivity contribution >= 4 is 27.5 Å². The largest absolute Gasteiger partial charge is 0.351 e. The maximum Gasteiger partial charge on any atom is 0.238 e. The Morgan fingerprint density at radius 3 is 2.38 bits per heavy atom. The molecule has 0 aromatic heterocycles. The molecular formula is C18H25N3O4S. The van der Waals surface area contributed by atoms with Gasteiger partial charge in [-0.3, -0.25) is 9.59 Å². The van der Waals surface area contributed by atoms with Crippen LogP contribution in [0.15, 0.2) is 24.3 Å². The first-order valence-corrected chi connectivity index (χ1v) is 10.8. The third-order valence-corrected chi connectivity index (χ3v) is 6.11. The van der Waals surface area contributed by atoms with Crippen molar-refractivity contribution in [1.29, 1.82) is 0 Å². The molecule has 7 nitrogen and oxygen atoms in total. The number of anilines is 1. The molecule has 1 saturated carbocycles. The molecule has 0 unspecified atom stereocenters. The molecule has 1 aromatic carbocycles. The highest BCUT2D eigenvalue weighted by atomic mass is 32.2. The fraction of sp³-hybridized carbons (Fsp3) is 0.556. The van der Waals surface area contributed by atoms with Gasteiger partial charge in [0.05, 0.1) is 6.26 Å². The lowest BCUT2D eigenvalue weighted by Gasteiger charge is -2.32. The first kappa shape index (κ1) is 18.8. The number of carbonyl (C=O) groups is 2. The van der Waals surface area contributed by atoms with E-state index in [1.54, 1.807) is 0 Å². The summed E-state index contributed by atoms with van der Waals surface area (Å²) in [6.45, 7) is 0.718. The normalized spacial score (nSPS) is 21.2. The Bertz CT molecular complexity index is 772. The summed E-state index contributed by atoms with van der Waals surface area (Å²) in [6.07, 6.45) is 5.24. The van der Waals surface area contributed by atoms with E-state index in [1.807, 2.05) is 24.3 Å². The van der Waals surface area contributed by atoms with Gasteiger partial charge in [0.1, 0.15) is 6.04 Å². The maximum absolute atomic E-state index is 12.4. The zero-order chi connectivity index (χ0) is 18.7. The molecule has 1 atom stereocenters. The van der Waals surface area contributed by atoms with Crippen LogP contribution in [0.2, 0.25) is 0 Å². The number of nitrogens with zero attached hydrogens (tertiary/aromatic N) is 1. The van der Waals surface area contributed by atoms with Crippen LogP contribution in [0.3, 0.4) is 0 Å². The Morgan fingerprint density at radius 2 is 1.77 bits per heavy atom. The molecule has 1 aliphatic carbocycles. The highest BCUT2D eigenvalue weighted by Crippen LogP contribution is 2.30. The van der Waals surface area contributed by atoms with Crippen LogP contribution in [-0.2, 0) is 26.2 Å². The van der Waals surface area contributed by atoms with Gasteiger partial charge in [0.2, 0.25) is 21.8 Å². The lowest BCUT2D eigenvalue weighted by Crippen LogP contribution is -2.51. The second kappa shape index (κ2) is 7.75. The highest BCUT2D eigenvalue weighted by Gasteiger charge is 2.34. The van der Waals surface area contributed by atoms with Crippen molar-refractivity contribution in [1.82, 2.24) is 9.62 Å². The molecule has 2 amide bonds. The average molecular weight is 379 g/mol. The molecule has 1 aromatic rings. The van der Waals surface area contributed by atoms with Gasteiger partial charge in [-0.05, 0) is 43.4 Å². The van der Waals surface area contributed by atoms with Crippen LogP contribution in [-0.4, -0.2) is 43.4 Å². The van der Waals surface area contributed by atoms with Gasteiger partial charge in [-0.2, -0.15) is 4.31 Å². The lowest BCUT2D eigenvalue weighted by atomic mass is 10.0. The van der Waals surface area contributed by atoms with Crippen molar-refractivity contribution < 1.29 is 18.0 Å². The van der Waals surface area contributed by atoms with E-state index in [0.29, 0.717) is 19.5 Å². The van der Waals surface area contributed by atoms with Crippen molar-refractivity contribution in [2.75, 3.05) is 18.1 Å². The molecular weight excluding hydrogens is 354 g/mol. The summed E-state index contributed by atoms with van der Waals surface area (Å²) in [4.78, 5) is 24.2. The SMILES string of the molecule is CS(=O)(=O)N1CCCC[C@H]1C(=O)NCc1ccc(NC(=O)C2CC2)cc1. The zero-order valence-corrected chi connectivity index (χ0v) is 15.7. The Morgan fingerprint density at radius 1 is 1.08 bits per heavy atom. The van der Waals surface area contributed by atoms with Gasteiger partial charge in [-0.15, -0.1) is 0 Å². The van der Waals surface area contributed by atoms with Crippen LogP contribution in [0, 0.1) is 5.92 Å². The van der Waals surface area contributed by atoms with Crippen LogP contribution in [0.25, 0.3) is 0 Å². The van der Waals surface area contributed by atoms with Crippen molar-refractivity contribution in [2.45, 2.75) is 44.7 Å². The number of hydrogen-bond acceptors (Lipinski definition) is 4. The van der Waals surface area contributed by atoms with Crippen molar-refractivity contribution in [3.8, 4) is 0 Å². The molecule has 0 bridgehead atoms. The molecule has 2 fully saturated rings. The maximum atomic E-state index is 12.4. The standard InChI is InChI=1S/C18H25N3O4S/c1-26(24,25)21-11-3-2-4-16(21)18(23)19-12-13-5-9-15(10-6-13)20-17(22)14-7-8-14/h5-6,9-10,14,16H,2-4,7-8,11-12H2,1H3,(H,19,23)(H,20,22)/t16-/m0/s1. The minimum Gasteiger partial charge on any atom is -0.351 e. The molecule has 1 heterocycles. The third kappa shape index (κ3) is 4.82. The van der Waals surface area contributed by atoms with Crippen molar-refractivity contribution in [3.05, 3.63) is 29.8 Å². The number of amides is 2. The van der Waals surface area contributed by atoms with Crippen LogP contribution in [0.5, 0.6) is 0 Å². The predicted molar refractivity (Wildman–Crippen MR) is 98.8 cm³/mol. The van der Waals surface area contributed by atoms with E-state index in [9.17, 15) is 18.0 Å². The Hall–Kier alpha value is -1.93. The summed E-state index contributed by atoms with van der Waals surface area (Å²) in [5.41, 5.74) is 1.64. The molecule has 0 spiro atoms. The van der Waals surface area contributed by atoms with E-state index in [1.165, 1.54) is 4.31 Å². The summed E-state index contributed by atoms with van der Waals surface area (Å²) in [5.74, 6) is -0.0484. The molecule has 1 saturated heterocycles. The van der Waals surface area contributed by atoms with Gasteiger partial charge in [0.15, 0.2) is 0 Å². The summed E-state index contributed by atoms with van der Waals surface area (Å²) >= 11 is 0. The smallest absolute Gasteiger partial charge is 0.238 e. The monoisotopic (exact) mass is 379 g/mol. The fourth-order valence-electron chi connectivity index (χ4n) is 3.17. The first-order chi connectivity index (χ1) is 12.3. The minimum atomic E-state index is -3.39. The van der Waals surface area contributed by atoms with Gasteiger partial charge >= 0.3 is 0 Å². The topological polar surface area (TPSA) is 95.6 Å². The molecule has 2 N–H and O–H groups in total. The van der Waals surface area contributed by atoms with Crippen LogP contribution < -0.4 is 10.6 Å².